The van der Waals surface area contributed by atoms with Crippen LogP contribution in [-0.2, 0) is 16.1 Å². The van der Waals surface area contributed by atoms with Crippen LogP contribution < -0.4 is 5.32 Å². The molecule has 0 radical (unpaired) electrons. The highest BCUT2D eigenvalue weighted by atomic mass is 32.1. The molecule has 0 unspecified atom stereocenters. The van der Waals surface area contributed by atoms with Crippen LogP contribution in [0.15, 0.2) is 30.6 Å². The molecule has 1 amide bonds. The first kappa shape index (κ1) is 23.9. The minimum atomic E-state index is -0.380. The van der Waals surface area contributed by atoms with E-state index in [1.54, 1.807) is 12.4 Å². The van der Waals surface area contributed by atoms with Gasteiger partial charge in [-0.1, -0.05) is 17.4 Å². The molecule has 3 fully saturated rings. The molecule has 3 aromatic rings. The third kappa shape index (κ3) is 4.89. The summed E-state index contributed by atoms with van der Waals surface area (Å²) in [5.74, 6) is 0.787. The zero-order valence-corrected chi connectivity index (χ0v) is 21.4. The molecule has 0 spiro atoms. The van der Waals surface area contributed by atoms with Crippen molar-refractivity contribution in [3.63, 3.8) is 0 Å². The van der Waals surface area contributed by atoms with Gasteiger partial charge in [0.2, 0.25) is 5.91 Å². The summed E-state index contributed by atoms with van der Waals surface area (Å²) in [4.78, 5) is 28.9. The van der Waals surface area contributed by atoms with Crippen LogP contribution in [0.3, 0.4) is 0 Å². The Balaban J connectivity index is 1.06. The number of aliphatic hydroxyl groups excluding tert-OH is 1. The third-order valence-corrected chi connectivity index (χ3v) is 8.99. The van der Waals surface area contributed by atoms with Crippen molar-refractivity contribution < 1.29 is 14.6 Å². The monoisotopic (exact) mass is 507 g/mol. The van der Waals surface area contributed by atoms with Crippen molar-refractivity contribution in [2.75, 3.05) is 11.9 Å². The maximum absolute atomic E-state index is 12.8. The Hall–Kier alpha value is -2.46. The zero-order valence-electron chi connectivity index (χ0n) is 20.6. The maximum atomic E-state index is 12.8. The van der Waals surface area contributed by atoms with E-state index in [0.717, 1.165) is 53.4 Å². The number of anilines is 1. The molecule has 6 rings (SSSR count). The fourth-order valence-corrected chi connectivity index (χ4v) is 6.70. The highest BCUT2D eigenvalue weighted by molar-refractivity contribution is 7.22. The number of aromatic nitrogens is 3. The predicted molar refractivity (Wildman–Crippen MR) is 140 cm³/mol. The van der Waals surface area contributed by atoms with Crippen LogP contribution in [0.25, 0.3) is 21.3 Å². The fourth-order valence-electron chi connectivity index (χ4n) is 5.80. The van der Waals surface area contributed by atoms with E-state index in [2.05, 4.69) is 38.2 Å². The average Bonchev–Trinajstić information content (AvgIpc) is 3.56. The van der Waals surface area contributed by atoms with Gasteiger partial charge in [0.15, 0.2) is 11.0 Å². The van der Waals surface area contributed by atoms with Gasteiger partial charge in [-0.2, -0.15) is 0 Å². The minimum Gasteiger partial charge on any atom is -0.390 e. The number of hydrogen-bond donors (Lipinski definition) is 2. The summed E-state index contributed by atoms with van der Waals surface area (Å²) in [5.41, 5.74) is 2.79. The second-order valence-electron chi connectivity index (χ2n) is 10.5. The molecule has 2 saturated carbocycles. The molecule has 190 valence electrons. The number of carbonyl (C=O) groups is 1. The van der Waals surface area contributed by atoms with Gasteiger partial charge in [0.25, 0.3) is 0 Å². The summed E-state index contributed by atoms with van der Waals surface area (Å²) in [6.07, 6.45) is 10.2. The standard InChI is InChI=1S/C27H33N5O3S/c1-16-4-3-9-32(16)20-10-18(11-20)26(34)31-27-30-21-8-7-17(12-24(21)36-27)19-13-28-25(29-14-19)15-35-23-6-2-5-22(23)33/h7-8,12-14,16,18,20,22-23,33H,2-6,9-11,15H2,1H3,(H,30,31,34)/t16-,18?,20?,22+,23+/m1/s1. The second kappa shape index (κ2) is 10.1. The minimum absolute atomic E-state index is 0.0851. The molecule has 1 aromatic carbocycles. The largest absolute Gasteiger partial charge is 0.390 e. The lowest BCUT2D eigenvalue weighted by Gasteiger charge is -2.42. The van der Waals surface area contributed by atoms with E-state index in [9.17, 15) is 9.90 Å². The summed E-state index contributed by atoms with van der Waals surface area (Å²) < 4.78 is 6.80. The van der Waals surface area contributed by atoms with Crippen molar-refractivity contribution in [3.05, 3.63) is 36.4 Å². The summed E-state index contributed by atoms with van der Waals surface area (Å²) in [6, 6.07) is 7.26. The number of carbonyl (C=O) groups excluding carboxylic acids is 1. The highest BCUT2D eigenvalue weighted by Crippen LogP contribution is 2.37. The fraction of sp³-hybridized carbons (Fsp3) is 0.556. The zero-order chi connectivity index (χ0) is 24.6. The molecule has 3 aliphatic rings. The van der Waals surface area contributed by atoms with Gasteiger partial charge in [-0.15, -0.1) is 0 Å². The SMILES string of the molecule is C[C@@H]1CCCN1C1CC(C(=O)Nc2nc3ccc(-c4cnc(CO[C@H]5CCC[C@@H]5O)nc4)cc3s2)C1. The van der Waals surface area contributed by atoms with Crippen molar-refractivity contribution in [1.82, 2.24) is 19.9 Å². The summed E-state index contributed by atoms with van der Waals surface area (Å²) in [7, 11) is 0. The quantitative estimate of drug-likeness (QED) is 0.489. The number of nitrogens with one attached hydrogen (secondary N) is 1. The molecule has 0 bridgehead atoms. The number of likely N-dealkylation sites (tertiary alicyclic amines) is 1. The van der Waals surface area contributed by atoms with Gasteiger partial charge in [-0.25, -0.2) is 15.0 Å². The molecule has 3 atom stereocenters. The van der Waals surface area contributed by atoms with E-state index in [0.29, 0.717) is 29.6 Å². The molecule has 3 heterocycles. The van der Waals surface area contributed by atoms with Gasteiger partial charge >= 0.3 is 0 Å². The van der Waals surface area contributed by atoms with E-state index in [-0.39, 0.29) is 24.0 Å². The smallest absolute Gasteiger partial charge is 0.229 e. The number of fused-ring (bicyclic) bond motifs is 1. The number of nitrogens with zero attached hydrogens (tertiary/aromatic N) is 4. The molecule has 8 nitrogen and oxygen atoms in total. The summed E-state index contributed by atoms with van der Waals surface area (Å²) in [6.45, 7) is 3.78. The predicted octanol–water partition coefficient (Wildman–Crippen LogP) is 4.38. The summed E-state index contributed by atoms with van der Waals surface area (Å²) >= 11 is 1.50. The molecular weight excluding hydrogens is 474 g/mol. The van der Waals surface area contributed by atoms with Crippen LogP contribution in [0.4, 0.5) is 5.13 Å². The molecule has 1 saturated heterocycles. The lowest BCUT2D eigenvalue weighted by molar-refractivity contribution is -0.124. The number of thiazole rings is 1. The van der Waals surface area contributed by atoms with Gasteiger partial charge in [-0.3, -0.25) is 9.69 Å². The third-order valence-electron chi connectivity index (χ3n) is 8.06. The van der Waals surface area contributed by atoms with Crippen LogP contribution >= 0.6 is 11.3 Å². The Morgan fingerprint density at radius 2 is 2.00 bits per heavy atom. The van der Waals surface area contributed by atoms with E-state index in [1.165, 1.54) is 30.7 Å². The first-order valence-electron chi connectivity index (χ1n) is 13.1. The Kier molecular flexibility index (Phi) is 6.73. The van der Waals surface area contributed by atoms with Crippen molar-refractivity contribution in [1.29, 1.82) is 0 Å². The number of benzene rings is 1. The van der Waals surface area contributed by atoms with Crippen molar-refractivity contribution >= 4 is 32.6 Å². The average molecular weight is 508 g/mol. The van der Waals surface area contributed by atoms with Gasteiger partial charge in [-0.05, 0) is 76.1 Å². The molecule has 1 aliphatic heterocycles. The van der Waals surface area contributed by atoms with Gasteiger partial charge in [0.05, 0.1) is 22.4 Å². The molecule has 36 heavy (non-hydrogen) atoms. The van der Waals surface area contributed by atoms with E-state index in [1.807, 2.05) is 12.1 Å². The van der Waals surface area contributed by atoms with Crippen LogP contribution in [-0.4, -0.2) is 61.7 Å². The van der Waals surface area contributed by atoms with E-state index < -0.39 is 0 Å². The number of ether oxygens (including phenoxy) is 1. The molecule has 2 aliphatic carbocycles. The van der Waals surface area contributed by atoms with Crippen LogP contribution in [0.1, 0.15) is 57.7 Å². The van der Waals surface area contributed by atoms with Crippen LogP contribution in [0.5, 0.6) is 0 Å². The lowest BCUT2D eigenvalue weighted by Crippen LogP contribution is -2.49. The van der Waals surface area contributed by atoms with E-state index in [4.69, 9.17) is 4.74 Å². The summed E-state index contributed by atoms with van der Waals surface area (Å²) in [5, 5.41) is 13.6. The Morgan fingerprint density at radius 3 is 2.72 bits per heavy atom. The van der Waals surface area contributed by atoms with E-state index >= 15 is 0 Å². The second-order valence-corrected chi connectivity index (χ2v) is 11.5. The normalized spacial score (nSPS) is 28.4. The van der Waals surface area contributed by atoms with Crippen molar-refractivity contribution in [3.8, 4) is 11.1 Å². The topological polar surface area (TPSA) is 100 Å². The number of amides is 1. The molecule has 9 heteroatoms. The first-order chi connectivity index (χ1) is 17.5. The number of aliphatic hydroxyl groups is 1. The van der Waals surface area contributed by atoms with Gasteiger partial charge in [0, 0.05) is 36.0 Å². The molecular formula is C27H33N5O3S. The highest BCUT2D eigenvalue weighted by Gasteiger charge is 2.40. The van der Waals surface area contributed by atoms with Gasteiger partial charge in [0.1, 0.15) is 6.61 Å². The van der Waals surface area contributed by atoms with Crippen molar-refractivity contribution in [2.24, 2.45) is 5.92 Å². The molecule has 2 N–H and O–H groups in total. The first-order valence-corrected chi connectivity index (χ1v) is 13.9. The lowest BCUT2D eigenvalue weighted by atomic mass is 9.78. The number of hydrogen-bond acceptors (Lipinski definition) is 8. The Labute approximate surface area is 215 Å². The molecule has 2 aromatic heterocycles. The van der Waals surface area contributed by atoms with Crippen LogP contribution in [0, 0.1) is 5.92 Å². The Morgan fingerprint density at radius 1 is 1.17 bits per heavy atom. The van der Waals surface area contributed by atoms with Gasteiger partial charge < -0.3 is 15.2 Å². The number of rotatable bonds is 7. The Bertz CT molecular complexity index is 1230. The van der Waals surface area contributed by atoms with Crippen molar-refractivity contribution in [2.45, 2.75) is 82.8 Å². The maximum Gasteiger partial charge on any atom is 0.229 e. The van der Waals surface area contributed by atoms with Crippen LogP contribution in [0.2, 0.25) is 0 Å².